The number of benzene rings is 1. The largest absolute Gasteiger partial charge is 0.374 e. The summed E-state index contributed by atoms with van der Waals surface area (Å²) in [5, 5.41) is 5.21. The van der Waals surface area contributed by atoms with Crippen molar-refractivity contribution in [1.82, 2.24) is 4.90 Å². The molecule has 1 fully saturated rings. The Balaban J connectivity index is 1.35. The van der Waals surface area contributed by atoms with E-state index in [2.05, 4.69) is 36.7 Å². The average Bonchev–Trinajstić information content (AvgIpc) is 3.17. The topological polar surface area (TPSA) is 41.6 Å². The monoisotopic (exact) mass is 398 g/mol. The maximum absolute atomic E-state index is 12.8. The fourth-order valence-electron chi connectivity index (χ4n) is 4.46. The summed E-state index contributed by atoms with van der Waals surface area (Å²) in [6, 6.07) is 10.3. The lowest BCUT2D eigenvalue weighted by Gasteiger charge is -2.33. The van der Waals surface area contributed by atoms with E-state index in [1.807, 2.05) is 23.1 Å². The van der Waals surface area contributed by atoms with Crippen LogP contribution in [0.4, 0.5) is 10.5 Å². The van der Waals surface area contributed by atoms with Crippen LogP contribution in [0.3, 0.4) is 0 Å². The first kappa shape index (κ1) is 19.5. The van der Waals surface area contributed by atoms with E-state index in [4.69, 9.17) is 4.74 Å². The molecule has 2 aromatic rings. The zero-order valence-electron chi connectivity index (χ0n) is 16.8. The van der Waals surface area contributed by atoms with Gasteiger partial charge < -0.3 is 15.0 Å². The van der Waals surface area contributed by atoms with Crippen LogP contribution in [0.15, 0.2) is 35.7 Å². The molecular formula is C23H30N2O2S. The second-order valence-corrected chi connectivity index (χ2v) is 9.25. The van der Waals surface area contributed by atoms with Crippen LogP contribution in [0.2, 0.25) is 0 Å². The molecule has 1 saturated carbocycles. The Kier molecular flexibility index (Phi) is 6.02. The fraction of sp³-hybridized carbons (Fsp3) is 0.522. The number of anilines is 1. The Morgan fingerprint density at radius 3 is 3.04 bits per heavy atom. The Morgan fingerprint density at radius 1 is 1.29 bits per heavy atom. The van der Waals surface area contributed by atoms with E-state index in [0.717, 1.165) is 43.0 Å². The van der Waals surface area contributed by atoms with Crippen molar-refractivity contribution in [2.24, 2.45) is 5.92 Å². The first-order chi connectivity index (χ1) is 13.6. The number of thiophene rings is 1. The fourth-order valence-corrected chi connectivity index (χ4v) is 5.43. The van der Waals surface area contributed by atoms with E-state index in [1.165, 1.54) is 23.3 Å². The first-order valence-electron chi connectivity index (χ1n) is 10.4. The van der Waals surface area contributed by atoms with E-state index < -0.39 is 0 Å². The van der Waals surface area contributed by atoms with Crippen LogP contribution in [-0.4, -0.2) is 23.6 Å². The molecule has 3 atom stereocenters. The molecule has 2 heterocycles. The number of carbonyl (C=O) groups is 1. The summed E-state index contributed by atoms with van der Waals surface area (Å²) in [7, 11) is 0. The number of hydrogen-bond acceptors (Lipinski definition) is 3. The molecule has 2 aliphatic rings. The summed E-state index contributed by atoms with van der Waals surface area (Å²) in [5.74, 6) is 0.764. The van der Waals surface area contributed by atoms with Gasteiger partial charge in [0.25, 0.3) is 0 Å². The van der Waals surface area contributed by atoms with Crippen LogP contribution in [0, 0.1) is 5.92 Å². The lowest BCUT2D eigenvalue weighted by Crippen LogP contribution is -2.40. The van der Waals surface area contributed by atoms with Gasteiger partial charge in [0.1, 0.15) is 0 Å². The zero-order chi connectivity index (χ0) is 19.5. The summed E-state index contributed by atoms with van der Waals surface area (Å²) in [5.41, 5.74) is 3.24. The normalized spacial score (nSPS) is 24.6. The standard InChI is InChI=1S/C23H30N2O2S/c1-16-5-3-8-20(13-16)27-15-18-6-4-7-19(14-18)24-23(26)25-11-9-22-21(17(25)2)10-12-28-22/h4,6-7,10,12,14,16-17,20H,3,5,8-9,11,13,15H2,1-2H3,(H,24,26)/t16-,17+,20-/m1/s1. The molecule has 0 bridgehead atoms. The molecule has 0 saturated heterocycles. The van der Waals surface area contributed by atoms with Crippen LogP contribution >= 0.6 is 11.3 Å². The molecule has 1 N–H and O–H groups in total. The van der Waals surface area contributed by atoms with Crippen LogP contribution in [0.25, 0.3) is 0 Å². The smallest absolute Gasteiger partial charge is 0.322 e. The van der Waals surface area contributed by atoms with Gasteiger partial charge in [-0.2, -0.15) is 0 Å². The third kappa shape index (κ3) is 4.41. The minimum absolute atomic E-state index is 0.0245. The molecule has 0 unspecified atom stereocenters. The van der Waals surface area contributed by atoms with Gasteiger partial charge in [-0.25, -0.2) is 4.79 Å². The van der Waals surface area contributed by atoms with Crippen LogP contribution < -0.4 is 5.32 Å². The summed E-state index contributed by atoms with van der Waals surface area (Å²) >= 11 is 1.79. The summed E-state index contributed by atoms with van der Waals surface area (Å²) in [4.78, 5) is 16.2. The Morgan fingerprint density at radius 2 is 2.18 bits per heavy atom. The molecule has 2 amide bonds. The molecule has 1 aliphatic heterocycles. The number of nitrogens with one attached hydrogen (secondary N) is 1. The number of amides is 2. The number of rotatable bonds is 4. The lowest BCUT2D eigenvalue weighted by atomic mass is 9.89. The lowest BCUT2D eigenvalue weighted by molar-refractivity contribution is 0.00468. The highest BCUT2D eigenvalue weighted by atomic mass is 32.1. The first-order valence-corrected chi connectivity index (χ1v) is 11.3. The van der Waals surface area contributed by atoms with Crippen LogP contribution in [-0.2, 0) is 17.8 Å². The maximum atomic E-state index is 12.8. The molecule has 4 nitrogen and oxygen atoms in total. The Bertz CT molecular complexity index is 818. The molecule has 5 heteroatoms. The van der Waals surface area contributed by atoms with Crippen molar-refractivity contribution in [2.45, 2.75) is 64.7 Å². The van der Waals surface area contributed by atoms with Crippen LogP contribution in [0.5, 0.6) is 0 Å². The number of nitrogens with zero attached hydrogens (tertiary/aromatic N) is 1. The number of urea groups is 1. The van der Waals surface area contributed by atoms with Gasteiger partial charge >= 0.3 is 6.03 Å². The van der Waals surface area contributed by atoms with Gasteiger partial charge in [-0.1, -0.05) is 31.9 Å². The Labute approximate surface area is 171 Å². The van der Waals surface area contributed by atoms with Crippen molar-refractivity contribution >= 4 is 23.1 Å². The zero-order valence-corrected chi connectivity index (χ0v) is 17.6. The minimum Gasteiger partial charge on any atom is -0.374 e. The molecule has 1 aromatic heterocycles. The van der Waals surface area contributed by atoms with E-state index in [-0.39, 0.29) is 12.1 Å². The predicted molar refractivity (Wildman–Crippen MR) is 115 cm³/mol. The quantitative estimate of drug-likeness (QED) is 0.687. The van der Waals surface area contributed by atoms with Crippen molar-refractivity contribution in [3.63, 3.8) is 0 Å². The molecule has 28 heavy (non-hydrogen) atoms. The predicted octanol–water partition coefficient (Wildman–Crippen LogP) is 5.99. The van der Waals surface area contributed by atoms with Crippen molar-refractivity contribution in [1.29, 1.82) is 0 Å². The van der Waals surface area contributed by atoms with Gasteiger partial charge in [-0.05, 0) is 66.8 Å². The highest BCUT2D eigenvalue weighted by Gasteiger charge is 2.28. The molecule has 4 rings (SSSR count). The molecule has 0 radical (unpaired) electrons. The molecule has 150 valence electrons. The summed E-state index contributed by atoms with van der Waals surface area (Å²) < 4.78 is 6.14. The summed E-state index contributed by atoms with van der Waals surface area (Å²) in [6.07, 6.45) is 6.23. The highest BCUT2D eigenvalue weighted by Crippen LogP contribution is 2.33. The highest BCUT2D eigenvalue weighted by molar-refractivity contribution is 7.10. The van der Waals surface area contributed by atoms with Gasteiger partial charge in [0.15, 0.2) is 0 Å². The number of ether oxygens (including phenoxy) is 1. The van der Waals surface area contributed by atoms with Gasteiger partial charge in [-0.3, -0.25) is 0 Å². The molecule has 0 spiro atoms. The van der Waals surface area contributed by atoms with E-state index >= 15 is 0 Å². The maximum Gasteiger partial charge on any atom is 0.322 e. The molecule has 1 aliphatic carbocycles. The van der Waals surface area contributed by atoms with Crippen molar-refractivity contribution in [2.75, 3.05) is 11.9 Å². The molecular weight excluding hydrogens is 368 g/mol. The third-order valence-electron chi connectivity index (χ3n) is 6.09. The van der Waals surface area contributed by atoms with Crippen molar-refractivity contribution in [3.8, 4) is 0 Å². The number of fused-ring (bicyclic) bond motifs is 1. The van der Waals surface area contributed by atoms with Gasteiger partial charge in [0, 0.05) is 17.1 Å². The second-order valence-electron chi connectivity index (χ2n) is 8.25. The second kappa shape index (κ2) is 8.66. The van der Waals surface area contributed by atoms with E-state index in [0.29, 0.717) is 12.7 Å². The van der Waals surface area contributed by atoms with Gasteiger partial charge in [0.05, 0.1) is 18.8 Å². The van der Waals surface area contributed by atoms with Crippen molar-refractivity contribution in [3.05, 3.63) is 51.7 Å². The van der Waals surface area contributed by atoms with Gasteiger partial charge in [0.2, 0.25) is 0 Å². The van der Waals surface area contributed by atoms with Crippen LogP contribution in [0.1, 0.15) is 61.6 Å². The third-order valence-corrected chi connectivity index (χ3v) is 7.09. The SMILES string of the molecule is C[C@@H]1CCC[C@@H](OCc2cccc(NC(=O)N3CCc4sccc4[C@@H]3C)c2)C1. The van der Waals surface area contributed by atoms with Crippen molar-refractivity contribution < 1.29 is 9.53 Å². The minimum atomic E-state index is -0.0245. The van der Waals surface area contributed by atoms with E-state index in [1.54, 1.807) is 11.3 Å². The average molecular weight is 399 g/mol. The Hall–Kier alpha value is -1.85. The number of carbonyl (C=O) groups excluding carboxylic acids is 1. The summed E-state index contributed by atoms with van der Waals surface area (Å²) in [6.45, 7) is 5.80. The number of hydrogen-bond donors (Lipinski definition) is 1. The molecule has 1 aromatic carbocycles. The van der Waals surface area contributed by atoms with Gasteiger partial charge in [-0.15, -0.1) is 11.3 Å². The van der Waals surface area contributed by atoms with E-state index in [9.17, 15) is 4.79 Å².